The maximum absolute atomic E-state index is 5.48. The molecule has 0 fully saturated rings. The van der Waals surface area contributed by atoms with Gasteiger partial charge in [0.1, 0.15) is 0 Å². The highest BCUT2D eigenvalue weighted by molar-refractivity contribution is 5.18. The second kappa shape index (κ2) is 9.96. The van der Waals surface area contributed by atoms with E-state index >= 15 is 0 Å². The lowest BCUT2D eigenvalue weighted by Gasteiger charge is -2.21. The van der Waals surface area contributed by atoms with Crippen LogP contribution in [0.5, 0.6) is 0 Å². The topological polar surface area (TPSA) is 30.5 Å². The molecule has 0 aliphatic carbocycles. The number of hydrogen-bond donors (Lipinski definition) is 1. The highest BCUT2D eigenvalue weighted by atomic mass is 16.5. The Kier molecular flexibility index (Phi) is 8.47. The third-order valence-electron chi connectivity index (χ3n) is 2.98. The first-order valence-electron chi connectivity index (χ1n) is 7.09. The van der Waals surface area contributed by atoms with Gasteiger partial charge in [-0.1, -0.05) is 44.2 Å². The van der Waals surface area contributed by atoms with Crippen molar-refractivity contribution >= 4 is 0 Å². The summed E-state index contributed by atoms with van der Waals surface area (Å²) in [7, 11) is 1.69. The van der Waals surface area contributed by atoms with Crippen LogP contribution in [0.3, 0.4) is 0 Å². The van der Waals surface area contributed by atoms with Gasteiger partial charge < -0.3 is 14.8 Å². The van der Waals surface area contributed by atoms with Crippen LogP contribution in [0.15, 0.2) is 30.3 Å². The molecule has 3 nitrogen and oxygen atoms in total. The van der Waals surface area contributed by atoms with Crippen LogP contribution < -0.4 is 5.32 Å². The summed E-state index contributed by atoms with van der Waals surface area (Å²) in [5, 5.41) is 3.58. The summed E-state index contributed by atoms with van der Waals surface area (Å²) >= 11 is 0. The lowest BCUT2D eigenvalue weighted by Crippen LogP contribution is -2.27. The van der Waals surface area contributed by atoms with Gasteiger partial charge in [0.2, 0.25) is 0 Å². The van der Waals surface area contributed by atoms with Gasteiger partial charge >= 0.3 is 0 Å². The molecule has 1 unspecified atom stereocenters. The molecule has 0 bridgehead atoms. The van der Waals surface area contributed by atoms with E-state index in [-0.39, 0.29) is 0 Å². The maximum Gasteiger partial charge on any atom is 0.0700 e. The normalized spacial score (nSPS) is 12.8. The summed E-state index contributed by atoms with van der Waals surface area (Å²) in [6.45, 7) is 7.44. The Hall–Kier alpha value is -0.900. The van der Waals surface area contributed by atoms with Crippen molar-refractivity contribution < 1.29 is 9.47 Å². The van der Waals surface area contributed by atoms with Crippen LogP contribution in [0.1, 0.15) is 31.9 Å². The summed E-state index contributed by atoms with van der Waals surface area (Å²) in [5.41, 5.74) is 1.35. The van der Waals surface area contributed by atoms with Crippen molar-refractivity contribution in [2.75, 3.05) is 33.5 Å². The Morgan fingerprint density at radius 1 is 1.05 bits per heavy atom. The quantitative estimate of drug-likeness (QED) is 0.660. The van der Waals surface area contributed by atoms with Crippen molar-refractivity contribution in [2.24, 2.45) is 5.92 Å². The van der Waals surface area contributed by atoms with Crippen molar-refractivity contribution in [3.63, 3.8) is 0 Å². The molecule has 0 aliphatic rings. The van der Waals surface area contributed by atoms with Crippen molar-refractivity contribution in [3.05, 3.63) is 35.9 Å². The number of benzene rings is 1. The van der Waals surface area contributed by atoms with Crippen molar-refractivity contribution in [1.29, 1.82) is 0 Å². The summed E-state index contributed by atoms with van der Waals surface area (Å²) in [4.78, 5) is 0. The minimum absolute atomic E-state index is 0.409. The molecule has 1 atom stereocenters. The number of nitrogens with one attached hydrogen (secondary N) is 1. The van der Waals surface area contributed by atoms with Gasteiger partial charge in [-0.2, -0.15) is 0 Å². The molecule has 19 heavy (non-hydrogen) atoms. The molecule has 0 radical (unpaired) electrons. The molecule has 1 N–H and O–H groups in total. The summed E-state index contributed by atoms with van der Waals surface area (Å²) in [6, 6.07) is 11.0. The minimum Gasteiger partial charge on any atom is -0.382 e. The predicted octanol–water partition coefficient (Wildman–Crippen LogP) is 3.03. The van der Waals surface area contributed by atoms with Gasteiger partial charge in [0.15, 0.2) is 0 Å². The Labute approximate surface area is 117 Å². The SMILES string of the molecule is COCCOCCNC(CC(C)C)c1ccccc1. The van der Waals surface area contributed by atoms with E-state index in [2.05, 4.69) is 49.5 Å². The standard InChI is InChI=1S/C16H27NO2/c1-14(2)13-16(15-7-5-4-6-8-15)17-9-10-19-12-11-18-3/h4-8,14,16-17H,9-13H2,1-3H3. The molecule has 0 amide bonds. The molecular formula is C16H27NO2. The number of hydrogen-bond acceptors (Lipinski definition) is 3. The Bertz CT molecular complexity index is 314. The predicted molar refractivity (Wildman–Crippen MR) is 79.3 cm³/mol. The molecule has 0 aromatic heterocycles. The summed E-state index contributed by atoms with van der Waals surface area (Å²) in [6.07, 6.45) is 1.14. The molecule has 108 valence electrons. The van der Waals surface area contributed by atoms with Gasteiger partial charge in [-0.05, 0) is 17.9 Å². The average molecular weight is 265 g/mol. The zero-order valence-corrected chi connectivity index (χ0v) is 12.4. The molecule has 0 spiro atoms. The number of methoxy groups -OCH3 is 1. The molecule has 1 rings (SSSR count). The fourth-order valence-corrected chi connectivity index (χ4v) is 2.04. The molecule has 3 heteroatoms. The van der Waals surface area contributed by atoms with E-state index in [4.69, 9.17) is 9.47 Å². The second-order valence-electron chi connectivity index (χ2n) is 5.15. The van der Waals surface area contributed by atoms with Gasteiger partial charge in [-0.3, -0.25) is 0 Å². The zero-order chi connectivity index (χ0) is 13.9. The fraction of sp³-hybridized carbons (Fsp3) is 0.625. The van der Waals surface area contributed by atoms with Gasteiger partial charge in [0, 0.05) is 19.7 Å². The monoisotopic (exact) mass is 265 g/mol. The molecule has 1 aromatic carbocycles. The lowest BCUT2D eigenvalue weighted by atomic mass is 9.97. The van der Waals surface area contributed by atoms with Crippen LogP contribution in [0.2, 0.25) is 0 Å². The van der Waals surface area contributed by atoms with E-state index in [0.717, 1.165) is 19.6 Å². The Morgan fingerprint density at radius 3 is 2.42 bits per heavy atom. The molecule has 0 heterocycles. The van der Waals surface area contributed by atoms with E-state index in [0.29, 0.717) is 25.2 Å². The van der Waals surface area contributed by atoms with Crippen LogP contribution in [0.4, 0.5) is 0 Å². The number of rotatable bonds is 10. The van der Waals surface area contributed by atoms with Crippen molar-refractivity contribution in [3.8, 4) is 0 Å². The van der Waals surface area contributed by atoms with E-state index in [9.17, 15) is 0 Å². The van der Waals surface area contributed by atoms with E-state index in [1.54, 1.807) is 7.11 Å². The Morgan fingerprint density at radius 2 is 1.79 bits per heavy atom. The van der Waals surface area contributed by atoms with Crippen molar-refractivity contribution in [2.45, 2.75) is 26.3 Å². The lowest BCUT2D eigenvalue weighted by molar-refractivity contribution is 0.0707. The highest BCUT2D eigenvalue weighted by Gasteiger charge is 2.11. The zero-order valence-electron chi connectivity index (χ0n) is 12.4. The maximum atomic E-state index is 5.48. The van der Waals surface area contributed by atoms with Crippen molar-refractivity contribution in [1.82, 2.24) is 5.32 Å². The van der Waals surface area contributed by atoms with E-state index < -0.39 is 0 Å². The van der Waals surface area contributed by atoms with Gasteiger partial charge in [0.05, 0.1) is 19.8 Å². The largest absolute Gasteiger partial charge is 0.382 e. The smallest absolute Gasteiger partial charge is 0.0700 e. The molecule has 0 saturated carbocycles. The minimum atomic E-state index is 0.409. The Balaban J connectivity index is 2.34. The second-order valence-corrected chi connectivity index (χ2v) is 5.15. The average Bonchev–Trinajstić information content (AvgIpc) is 2.42. The van der Waals surface area contributed by atoms with Gasteiger partial charge in [-0.15, -0.1) is 0 Å². The third kappa shape index (κ3) is 7.31. The summed E-state index contributed by atoms with van der Waals surface area (Å²) < 4.78 is 10.4. The van der Waals surface area contributed by atoms with Crippen LogP contribution in [-0.4, -0.2) is 33.5 Å². The van der Waals surface area contributed by atoms with E-state index in [1.165, 1.54) is 5.56 Å². The summed E-state index contributed by atoms with van der Waals surface area (Å²) in [5.74, 6) is 0.673. The van der Waals surface area contributed by atoms with E-state index in [1.807, 2.05) is 0 Å². The third-order valence-corrected chi connectivity index (χ3v) is 2.98. The first kappa shape index (κ1) is 16.2. The molecular weight excluding hydrogens is 238 g/mol. The van der Waals surface area contributed by atoms with Crippen LogP contribution in [0.25, 0.3) is 0 Å². The number of ether oxygens (including phenoxy) is 2. The van der Waals surface area contributed by atoms with Gasteiger partial charge in [0.25, 0.3) is 0 Å². The first-order valence-corrected chi connectivity index (χ1v) is 7.09. The molecule has 1 aromatic rings. The van der Waals surface area contributed by atoms with Crippen LogP contribution in [-0.2, 0) is 9.47 Å². The molecule has 0 saturated heterocycles. The van der Waals surface area contributed by atoms with Crippen LogP contribution >= 0.6 is 0 Å². The van der Waals surface area contributed by atoms with Gasteiger partial charge in [-0.25, -0.2) is 0 Å². The van der Waals surface area contributed by atoms with Crippen LogP contribution in [0, 0.1) is 5.92 Å². The fourth-order valence-electron chi connectivity index (χ4n) is 2.04. The molecule has 0 aliphatic heterocycles. The highest BCUT2D eigenvalue weighted by Crippen LogP contribution is 2.20. The first-order chi connectivity index (χ1) is 9.24.